The number of hydrogen-bond donors (Lipinski definition) is 2. The van der Waals surface area contributed by atoms with E-state index in [1.807, 2.05) is 18.2 Å². The van der Waals surface area contributed by atoms with E-state index in [9.17, 15) is 0 Å². The lowest BCUT2D eigenvalue weighted by atomic mass is 10.1. The van der Waals surface area contributed by atoms with Gasteiger partial charge < -0.3 is 11.1 Å². The summed E-state index contributed by atoms with van der Waals surface area (Å²) in [5, 5.41) is 12.2. The Hall–Kier alpha value is -2.31. The lowest BCUT2D eigenvalue weighted by molar-refractivity contribution is 0.991. The van der Waals surface area contributed by atoms with Gasteiger partial charge in [-0.3, -0.25) is 0 Å². The predicted molar refractivity (Wildman–Crippen MR) is 76.2 cm³/mol. The number of hydrogen-bond acceptors (Lipinski definition) is 3. The van der Waals surface area contributed by atoms with Gasteiger partial charge in [-0.15, -0.1) is 0 Å². The Kier molecular flexibility index (Phi) is 2.94. The third-order valence-corrected chi connectivity index (χ3v) is 3.46. The van der Waals surface area contributed by atoms with Crippen molar-refractivity contribution in [1.29, 1.82) is 5.26 Å². The Morgan fingerprint density at radius 2 is 1.84 bits per heavy atom. The molecule has 1 fully saturated rings. The van der Waals surface area contributed by atoms with Crippen molar-refractivity contribution in [1.82, 2.24) is 0 Å². The van der Waals surface area contributed by atoms with Crippen molar-refractivity contribution in [3.8, 4) is 6.07 Å². The largest absolute Gasteiger partial charge is 0.355 e. The number of nitrogens with one attached hydrogen (secondary N) is 1. The predicted octanol–water partition coefficient (Wildman–Crippen LogP) is 3.12. The van der Waals surface area contributed by atoms with Crippen molar-refractivity contribution in [3.63, 3.8) is 0 Å². The molecule has 1 aliphatic carbocycles. The molecule has 0 radical (unpaired) electrons. The second-order valence-corrected chi connectivity index (χ2v) is 4.95. The van der Waals surface area contributed by atoms with Gasteiger partial charge in [0.15, 0.2) is 0 Å². The third kappa shape index (κ3) is 2.59. The fourth-order valence-electron chi connectivity index (χ4n) is 2.24. The highest BCUT2D eigenvalue weighted by atomic mass is 14.9. The second-order valence-electron chi connectivity index (χ2n) is 4.95. The zero-order chi connectivity index (χ0) is 13.2. The molecule has 19 heavy (non-hydrogen) atoms. The Balaban J connectivity index is 1.74. The average molecular weight is 249 g/mol. The summed E-state index contributed by atoms with van der Waals surface area (Å²) < 4.78 is 0. The molecule has 0 bridgehead atoms. The molecule has 94 valence electrons. The minimum atomic E-state index is 0.339. The summed E-state index contributed by atoms with van der Waals surface area (Å²) in [6.07, 6.45) is 1.09. The van der Waals surface area contributed by atoms with Crippen LogP contribution in [0.1, 0.15) is 23.5 Å². The zero-order valence-corrected chi connectivity index (χ0v) is 10.5. The average Bonchev–Trinajstić information content (AvgIpc) is 3.17. The second kappa shape index (κ2) is 4.75. The molecule has 0 aliphatic heterocycles. The Bertz CT molecular complexity index is 625. The number of benzene rings is 2. The van der Waals surface area contributed by atoms with Crippen LogP contribution < -0.4 is 11.1 Å². The third-order valence-electron chi connectivity index (χ3n) is 3.46. The molecule has 0 aromatic heterocycles. The van der Waals surface area contributed by atoms with Crippen LogP contribution in [0, 0.1) is 11.3 Å². The molecule has 2 atom stereocenters. The van der Waals surface area contributed by atoms with Crippen molar-refractivity contribution >= 4 is 11.4 Å². The lowest BCUT2D eigenvalue weighted by Crippen LogP contribution is -2.00. The molecule has 3 N–H and O–H groups in total. The maximum Gasteiger partial charge on any atom is 0.0992 e. The summed E-state index contributed by atoms with van der Waals surface area (Å²) in [7, 11) is 0. The molecule has 0 spiro atoms. The number of nitriles is 1. The maximum atomic E-state index is 8.87. The van der Waals surface area contributed by atoms with Crippen LogP contribution in [-0.4, -0.2) is 6.04 Å². The molecular formula is C16H15N3. The van der Waals surface area contributed by atoms with E-state index in [4.69, 9.17) is 11.0 Å². The number of nitrogens with zero attached hydrogens (tertiary/aromatic N) is 1. The minimum Gasteiger partial charge on any atom is -0.355 e. The smallest absolute Gasteiger partial charge is 0.0992 e. The molecule has 3 heteroatoms. The molecule has 1 saturated carbocycles. The molecule has 2 aromatic carbocycles. The van der Waals surface area contributed by atoms with Gasteiger partial charge in [0.1, 0.15) is 0 Å². The van der Waals surface area contributed by atoms with E-state index in [2.05, 4.69) is 35.7 Å². The quantitative estimate of drug-likeness (QED) is 0.878. The molecule has 0 amide bonds. The van der Waals surface area contributed by atoms with Crippen LogP contribution in [0.2, 0.25) is 0 Å². The molecule has 2 unspecified atom stereocenters. The van der Waals surface area contributed by atoms with E-state index in [1.165, 1.54) is 5.56 Å². The molecule has 1 aliphatic rings. The first kappa shape index (κ1) is 11.8. The van der Waals surface area contributed by atoms with Crippen LogP contribution >= 0.6 is 0 Å². The van der Waals surface area contributed by atoms with E-state index >= 15 is 0 Å². The lowest BCUT2D eigenvalue weighted by Gasteiger charge is -2.07. The van der Waals surface area contributed by atoms with Gasteiger partial charge in [-0.05, 0) is 42.3 Å². The van der Waals surface area contributed by atoms with Crippen LogP contribution in [0.15, 0.2) is 48.5 Å². The van der Waals surface area contributed by atoms with Gasteiger partial charge in [-0.2, -0.15) is 5.26 Å². The summed E-state index contributed by atoms with van der Waals surface area (Å²) in [6.45, 7) is 0. The van der Waals surface area contributed by atoms with Gasteiger partial charge in [0.2, 0.25) is 0 Å². The fourth-order valence-corrected chi connectivity index (χ4v) is 2.24. The number of rotatable bonds is 3. The summed E-state index contributed by atoms with van der Waals surface area (Å²) in [4.78, 5) is 0. The highest BCUT2D eigenvalue weighted by molar-refractivity contribution is 5.61. The molecule has 0 saturated heterocycles. The normalized spacial score (nSPS) is 20.6. The van der Waals surface area contributed by atoms with E-state index in [0.29, 0.717) is 17.5 Å². The molecule has 3 rings (SSSR count). The molecule has 2 aromatic rings. The highest BCUT2D eigenvalue weighted by Crippen LogP contribution is 2.39. The zero-order valence-electron chi connectivity index (χ0n) is 10.5. The van der Waals surface area contributed by atoms with Crippen LogP contribution in [-0.2, 0) is 0 Å². The van der Waals surface area contributed by atoms with Gasteiger partial charge in [-0.25, -0.2) is 0 Å². The number of anilines is 2. The topological polar surface area (TPSA) is 61.8 Å². The molecular weight excluding hydrogens is 234 g/mol. The van der Waals surface area contributed by atoms with E-state index in [0.717, 1.165) is 17.8 Å². The monoisotopic (exact) mass is 249 g/mol. The van der Waals surface area contributed by atoms with E-state index in [-0.39, 0.29) is 0 Å². The van der Waals surface area contributed by atoms with Gasteiger partial charge in [0, 0.05) is 23.3 Å². The van der Waals surface area contributed by atoms with E-state index in [1.54, 1.807) is 6.07 Å². The van der Waals surface area contributed by atoms with Gasteiger partial charge >= 0.3 is 0 Å². The van der Waals surface area contributed by atoms with Gasteiger partial charge in [0.05, 0.1) is 11.6 Å². The first-order valence-corrected chi connectivity index (χ1v) is 6.39. The van der Waals surface area contributed by atoms with Crippen LogP contribution in [0.25, 0.3) is 0 Å². The summed E-state index contributed by atoms with van der Waals surface area (Å²) in [5.41, 5.74) is 9.76. The first-order chi connectivity index (χ1) is 9.26. The van der Waals surface area contributed by atoms with Crippen LogP contribution in [0.3, 0.4) is 0 Å². The highest BCUT2D eigenvalue weighted by Gasteiger charge is 2.34. The van der Waals surface area contributed by atoms with Crippen molar-refractivity contribution < 1.29 is 0 Å². The molecule has 0 heterocycles. The van der Waals surface area contributed by atoms with Crippen molar-refractivity contribution in [2.45, 2.75) is 18.4 Å². The van der Waals surface area contributed by atoms with Crippen molar-refractivity contribution in [2.75, 3.05) is 5.32 Å². The van der Waals surface area contributed by atoms with Crippen molar-refractivity contribution in [2.24, 2.45) is 5.73 Å². The van der Waals surface area contributed by atoms with Crippen LogP contribution in [0.5, 0.6) is 0 Å². The first-order valence-electron chi connectivity index (χ1n) is 6.39. The van der Waals surface area contributed by atoms with E-state index < -0.39 is 0 Å². The number of nitrogens with two attached hydrogens (primary N) is 1. The summed E-state index contributed by atoms with van der Waals surface area (Å²) >= 11 is 0. The van der Waals surface area contributed by atoms with Gasteiger partial charge in [0.25, 0.3) is 0 Å². The fraction of sp³-hybridized carbons (Fsp3) is 0.188. The Morgan fingerprint density at radius 3 is 2.47 bits per heavy atom. The van der Waals surface area contributed by atoms with Crippen molar-refractivity contribution in [3.05, 3.63) is 59.7 Å². The summed E-state index contributed by atoms with van der Waals surface area (Å²) in [6, 6.07) is 18.3. The molecule has 3 nitrogen and oxygen atoms in total. The maximum absolute atomic E-state index is 8.87. The standard InChI is InChI=1S/C16H15N3/c17-10-11-2-1-3-14(8-11)19-13-6-4-12(5-7-13)15-9-16(15)18/h1-8,15-16,19H,9,18H2. The minimum absolute atomic E-state index is 0.339. The Morgan fingerprint density at radius 1 is 1.11 bits per heavy atom. The SMILES string of the molecule is N#Cc1cccc(Nc2ccc(C3CC3N)cc2)c1. The Labute approximate surface area is 112 Å². The van der Waals surface area contributed by atoms with Gasteiger partial charge in [-0.1, -0.05) is 18.2 Å². The van der Waals surface area contributed by atoms with Crippen LogP contribution in [0.4, 0.5) is 11.4 Å². The summed E-state index contributed by atoms with van der Waals surface area (Å²) in [5.74, 6) is 0.538.